The van der Waals surface area contributed by atoms with Gasteiger partial charge in [0, 0.05) is 12.1 Å². The van der Waals surface area contributed by atoms with Gasteiger partial charge in [-0.05, 0) is 18.0 Å². The third-order valence-electron chi connectivity index (χ3n) is 2.56. The van der Waals surface area contributed by atoms with E-state index in [0.717, 1.165) is 23.1 Å². The Labute approximate surface area is 112 Å². The Morgan fingerprint density at radius 2 is 2.11 bits per heavy atom. The Bertz CT molecular complexity index is 628. The molecule has 19 heavy (non-hydrogen) atoms. The summed E-state index contributed by atoms with van der Waals surface area (Å²) in [5, 5.41) is -0.193. The van der Waals surface area contributed by atoms with E-state index in [1.54, 1.807) is 0 Å². The van der Waals surface area contributed by atoms with Gasteiger partial charge in [-0.25, -0.2) is 23.1 Å². The van der Waals surface area contributed by atoms with Gasteiger partial charge in [-0.2, -0.15) is 0 Å². The summed E-state index contributed by atoms with van der Waals surface area (Å²) < 4.78 is 32.1. The zero-order valence-electron chi connectivity index (χ0n) is 10.1. The quantitative estimate of drug-likeness (QED) is 0.808. The van der Waals surface area contributed by atoms with E-state index in [1.807, 2.05) is 6.92 Å². The first-order valence-electron chi connectivity index (χ1n) is 5.74. The van der Waals surface area contributed by atoms with Crippen molar-refractivity contribution in [3.8, 4) is 0 Å². The van der Waals surface area contributed by atoms with Gasteiger partial charge >= 0.3 is 6.09 Å². The van der Waals surface area contributed by atoms with Gasteiger partial charge in [-0.3, -0.25) is 0 Å². The topological polar surface area (TPSA) is 44.1 Å². The normalized spacial score (nSPS) is 10.9. The largest absolute Gasteiger partial charge is 0.449 e. The third-order valence-corrected chi connectivity index (χ3v) is 2.82. The fraction of sp³-hybridized carbons (Fsp3) is 0.333. The number of imidazole rings is 1. The maximum atomic E-state index is 13.2. The average molecular weight is 289 g/mol. The summed E-state index contributed by atoms with van der Waals surface area (Å²) in [4.78, 5) is 15.6. The highest BCUT2D eigenvalue weighted by molar-refractivity contribution is 6.30. The van der Waals surface area contributed by atoms with Crippen LogP contribution in [0.4, 0.5) is 13.6 Å². The number of carbonyl (C=O) groups is 1. The molecule has 1 heterocycles. The van der Waals surface area contributed by atoms with Crippen LogP contribution in [0.3, 0.4) is 0 Å². The molecule has 0 amide bonds. The highest BCUT2D eigenvalue weighted by atomic mass is 35.5. The van der Waals surface area contributed by atoms with Crippen molar-refractivity contribution >= 4 is 28.7 Å². The molecule has 0 saturated heterocycles. The minimum atomic E-state index is -1.08. The third kappa shape index (κ3) is 2.68. The van der Waals surface area contributed by atoms with Crippen molar-refractivity contribution in [2.45, 2.75) is 19.8 Å². The number of ether oxygens (including phenoxy) is 1. The molecule has 0 radical (unpaired) electrons. The van der Waals surface area contributed by atoms with Crippen molar-refractivity contribution in [3.63, 3.8) is 0 Å². The molecule has 0 atom stereocenters. The zero-order valence-corrected chi connectivity index (χ0v) is 10.9. The lowest BCUT2D eigenvalue weighted by molar-refractivity contribution is 0.147. The van der Waals surface area contributed by atoms with E-state index in [-0.39, 0.29) is 22.9 Å². The van der Waals surface area contributed by atoms with Crippen LogP contribution in [0.25, 0.3) is 11.0 Å². The minimum Gasteiger partial charge on any atom is -0.449 e. The number of nitrogens with zero attached hydrogens (tertiary/aromatic N) is 2. The number of hydrogen-bond acceptors (Lipinski definition) is 3. The predicted molar refractivity (Wildman–Crippen MR) is 66.3 cm³/mol. The smallest absolute Gasteiger partial charge is 0.420 e. The molecule has 0 aliphatic heterocycles. The summed E-state index contributed by atoms with van der Waals surface area (Å²) in [7, 11) is 0. The molecule has 2 rings (SSSR count). The van der Waals surface area contributed by atoms with E-state index in [4.69, 9.17) is 16.3 Å². The van der Waals surface area contributed by atoms with Gasteiger partial charge in [0.25, 0.3) is 0 Å². The fourth-order valence-electron chi connectivity index (χ4n) is 1.59. The maximum absolute atomic E-state index is 13.2. The number of rotatable bonds is 3. The molecule has 0 saturated carbocycles. The number of benzene rings is 1. The van der Waals surface area contributed by atoms with E-state index in [2.05, 4.69) is 4.98 Å². The Hall–Kier alpha value is -1.69. The van der Waals surface area contributed by atoms with Crippen LogP contribution in [-0.4, -0.2) is 22.3 Å². The molecule has 0 unspecified atom stereocenters. The predicted octanol–water partition coefficient (Wildman–Crippen LogP) is 3.75. The Balaban J connectivity index is 2.39. The maximum Gasteiger partial charge on any atom is 0.420 e. The van der Waals surface area contributed by atoms with E-state index >= 15 is 0 Å². The number of aromatic nitrogens is 2. The van der Waals surface area contributed by atoms with Crippen LogP contribution < -0.4 is 0 Å². The Morgan fingerprint density at radius 3 is 2.79 bits per heavy atom. The molecule has 4 nitrogen and oxygen atoms in total. The first-order chi connectivity index (χ1) is 9.04. The van der Waals surface area contributed by atoms with Gasteiger partial charge < -0.3 is 4.74 Å². The van der Waals surface area contributed by atoms with Crippen molar-refractivity contribution in [3.05, 3.63) is 29.1 Å². The standard InChI is InChI=1S/C12H11ClF2N2O2/c1-2-3-4-19-12(18)17-10-6-8(15)7(14)5-9(10)16-11(17)13/h5-6H,2-4H2,1H3. The monoisotopic (exact) mass is 288 g/mol. The number of fused-ring (bicyclic) bond motifs is 1. The van der Waals surface area contributed by atoms with Gasteiger partial charge in [0.1, 0.15) is 0 Å². The molecule has 0 bridgehead atoms. The highest BCUT2D eigenvalue weighted by Crippen LogP contribution is 2.22. The van der Waals surface area contributed by atoms with Crippen LogP contribution in [0.5, 0.6) is 0 Å². The second kappa shape index (κ2) is 5.52. The lowest BCUT2D eigenvalue weighted by Crippen LogP contribution is -2.14. The van der Waals surface area contributed by atoms with Gasteiger partial charge in [0.05, 0.1) is 17.6 Å². The summed E-state index contributed by atoms with van der Waals surface area (Å²) in [5.41, 5.74) is 0.168. The molecule has 0 fully saturated rings. The summed E-state index contributed by atoms with van der Waals surface area (Å²) >= 11 is 5.79. The van der Waals surface area contributed by atoms with E-state index in [1.165, 1.54) is 0 Å². The van der Waals surface area contributed by atoms with Crippen molar-refractivity contribution in [2.75, 3.05) is 6.61 Å². The van der Waals surface area contributed by atoms with Crippen molar-refractivity contribution in [1.29, 1.82) is 0 Å². The molecule has 0 spiro atoms. The second-order valence-electron chi connectivity index (χ2n) is 3.94. The summed E-state index contributed by atoms with van der Waals surface area (Å²) in [6, 6.07) is 1.75. The van der Waals surface area contributed by atoms with Crippen molar-refractivity contribution in [2.24, 2.45) is 0 Å². The molecule has 1 aromatic heterocycles. The number of hydrogen-bond donors (Lipinski definition) is 0. The summed E-state index contributed by atoms with van der Waals surface area (Å²) in [5.74, 6) is -2.13. The van der Waals surface area contributed by atoms with E-state index in [9.17, 15) is 13.6 Å². The SMILES string of the molecule is CCCCOC(=O)n1c(Cl)nc2cc(F)c(F)cc21. The lowest BCUT2D eigenvalue weighted by Gasteiger charge is -2.05. The molecule has 7 heteroatoms. The average Bonchev–Trinajstić information content (AvgIpc) is 2.65. The van der Waals surface area contributed by atoms with Crippen LogP contribution in [-0.2, 0) is 4.74 Å². The van der Waals surface area contributed by atoms with Gasteiger partial charge in [0.2, 0.25) is 5.28 Å². The molecule has 0 aliphatic rings. The summed E-state index contributed by atoms with van der Waals surface area (Å²) in [6.07, 6.45) is 0.816. The van der Waals surface area contributed by atoms with Crippen LogP contribution in [0.1, 0.15) is 19.8 Å². The first-order valence-corrected chi connectivity index (χ1v) is 6.12. The van der Waals surface area contributed by atoms with Crippen LogP contribution >= 0.6 is 11.6 Å². The Morgan fingerprint density at radius 1 is 1.42 bits per heavy atom. The zero-order chi connectivity index (χ0) is 14.0. The summed E-state index contributed by atoms with van der Waals surface area (Å²) in [6.45, 7) is 2.18. The Kier molecular flexibility index (Phi) is 3.99. The van der Waals surface area contributed by atoms with Crippen LogP contribution in [0.2, 0.25) is 5.28 Å². The highest BCUT2D eigenvalue weighted by Gasteiger charge is 2.18. The van der Waals surface area contributed by atoms with Gasteiger partial charge in [0.15, 0.2) is 11.6 Å². The minimum absolute atomic E-state index is 0.0744. The van der Waals surface area contributed by atoms with Gasteiger partial charge in [-0.15, -0.1) is 0 Å². The molecule has 0 N–H and O–H groups in total. The van der Waals surface area contributed by atoms with Crippen molar-refractivity contribution < 1.29 is 18.3 Å². The second-order valence-corrected chi connectivity index (χ2v) is 4.28. The number of unbranched alkanes of at least 4 members (excludes halogenated alkanes) is 1. The molecular formula is C12H11ClF2N2O2. The molecule has 2 aromatic rings. The molecule has 102 valence electrons. The van der Waals surface area contributed by atoms with E-state index in [0.29, 0.717) is 6.42 Å². The van der Waals surface area contributed by atoms with Crippen LogP contribution in [0, 0.1) is 11.6 Å². The number of carbonyl (C=O) groups excluding carboxylic acids is 1. The number of halogens is 3. The fourth-order valence-corrected chi connectivity index (χ4v) is 1.84. The lowest BCUT2D eigenvalue weighted by atomic mass is 10.3. The van der Waals surface area contributed by atoms with Gasteiger partial charge in [-0.1, -0.05) is 13.3 Å². The molecule has 1 aromatic carbocycles. The van der Waals surface area contributed by atoms with Crippen LogP contribution in [0.15, 0.2) is 12.1 Å². The first kappa shape index (κ1) is 13.7. The van der Waals surface area contributed by atoms with Crippen molar-refractivity contribution in [1.82, 2.24) is 9.55 Å². The molecule has 0 aliphatic carbocycles. The van der Waals surface area contributed by atoms with E-state index < -0.39 is 17.7 Å². The molecular weight excluding hydrogens is 278 g/mol.